The Kier molecular flexibility index (Phi) is 6.36. The number of hydrogen-bond acceptors (Lipinski definition) is 4. The number of hydrogen-bond donors (Lipinski definition) is 2. The zero-order valence-electron chi connectivity index (χ0n) is 17.0. The van der Waals surface area contributed by atoms with Crippen LogP contribution in [0.3, 0.4) is 0 Å². The summed E-state index contributed by atoms with van der Waals surface area (Å²) in [5.41, 5.74) is 2.23. The van der Waals surface area contributed by atoms with Gasteiger partial charge in [0.25, 0.3) is 0 Å². The van der Waals surface area contributed by atoms with E-state index in [4.69, 9.17) is 0 Å². The Morgan fingerprint density at radius 3 is 2.62 bits per heavy atom. The molecule has 4 rings (SSSR count). The summed E-state index contributed by atoms with van der Waals surface area (Å²) in [5, 5.41) is 15.4. The third kappa shape index (κ3) is 4.74. The smallest absolute Gasteiger partial charge is 0.191 e. The van der Waals surface area contributed by atoms with Gasteiger partial charge in [-0.25, -0.2) is 0 Å². The van der Waals surface area contributed by atoms with Crippen LogP contribution in [-0.4, -0.2) is 58.7 Å². The van der Waals surface area contributed by atoms with Crippen molar-refractivity contribution in [3.8, 4) is 0 Å². The summed E-state index contributed by atoms with van der Waals surface area (Å²) in [5.74, 6) is 1.77. The highest BCUT2D eigenvalue weighted by atomic mass is 15.3. The molecular formula is C22H29N7. The number of likely N-dealkylation sites (tertiary alicyclic amines) is 1. The number of benzene rings is 1. The van der Waals surface area contributed by atoms with Crippen LogP contribution in [0.5, 0.6) is 0 Å². The summed E-state index contributed by atoms with van der Waals surface area (Å²) in [7, 11) is 1.81. The topological polar surface area (TPSA) is 69.8 Å². The van der Waals surface area contributed by atoms with E-state index in [1.54, 1.807) is 0 Å². The fourth-order valence-electron chi connectivity index (χ4n) is 3.95. The average Bonchev–Trinajstić information content (AvgIpc) is 3.44. The standard InChI is InChI=1S/C22H29N7/c1-23-22(24-13-12-21-27-26-20-11-5-6-16-29(20)21)25-17-19(28-14-7-8-15-28)18-9-3-2-4-10-18/h2-6,9-11,16,19H,7-8,12-15,17H2,1H3,(H2,23,24,25). The van der Waals surface area contributed by atoms with Crippen LogP contribution in [0.15, 0.2) is 59.7 Å². The summed E-state index contributed by atoms with van der Waals surface area (Å²) >= 11 is 0. The van der Waals surface area contributed by atoms with E-state index < -0.39 is 0 Å². The predicted molar refractivity (Wildman–Crippen MR) is 116 cm³/mol. The van der Waals surface area contributed by atoms with Gasteiger partial charge in [0, 0.05) is 32.8 Å². The summed E-state index contributed by atoms with van der Waals surface area (Å²) in [6.45, 7) is 3.90. The average molecular weight is 392 g/mol. The van der Waals surface area contributed by atoms with Crippen LogP contribution in [0, 0.1) is 0 Å². The number of fused-ring (bicyclic) bond motifs is 1. The van der Waals surface area contributed by atoms with E-state index in [1.165, 1.54) is 18.4 Å². The molecule has 1 saturated heterocycles. The minimum absolute atomic E-state index is 0.359. The van der Waals surface area contributed by atoms with Crippen LogP contribution in [0.1, 0.15) is 30.3 Å². The Hall–Kier alpha value is -2.93. The Morgan fingerprint density at radius 1 is 1.03 bits per heavy atom. The number of nitrogens with one attached hydrogen (secondary N) is 2. The molecule has 0 spiro atoms. The monoisotopic (exact) mass is 391 g/mol. The van der Waals surface area contributed by atoms with Crippen molar-refractivity contribution < 1.29 is 0 Å². The molecule has 1 fully saturated rings. The van der Waals surface area contributed by atoms with Crippen LogP contribution in [0.25, 0.3) is 5.65 Å². The van der Waals surface area contributed by atoms with Crippen molar-refractivity contribution >= 4 is 11.6 Å². The maximum Gasteiger partial charge on any atom is 0.191 e. The van der Waals surface area contributed by atoms with Crippen LogP contribution in [0.4, 0.5) is 0 Å². The normalized spacial score (nSPS) is 16.2. The van der Waals surface area contributed by atoms with E-state index in [1.807, 2.05) is 35.8 Å². The Bertz CT molecular complexity index is 928. The molecule has 1 aliphatic heterocycles. The molecule has 7 nitrogen and oxygen atoms in total. The van der Waals surface area contributed by atoms with E-state index in [-0.39, 0.29) is 0 Å². The first-order valence-electron chi connectivity index (χ1n) is 10.4. The van der Waals surface area contributed by atoms with Gasteiger partial charge in [-0.2, -0.15) is 0 Å². The van der Waals surface area contributed by atoms with Gasteiger partial charge in [0.2, 0.25) is 0 Å². The predicted octanol–water partition coefficient (Wildman–Crippen LogP) is 2.27. The molecule has 1 aliphatic rings. The molecule has 0 amide bonds. The summed E-state index contributed by atoms with van der Waals surface area (Å²) in [4.78, 5) is 6.96. The first-order valence-corrected chi connectivity index (χ1v) is 10.4. The molecule has 152 valence electrons. The highest BCUT2D eigenvalue weighted by Crippen LogP contribution is 2.24. The largest absolute Gasteiger partial charge is 0.356 e. The SMILES string of the molecule is CN=C(NCCc1nnc2ccccn12)NCC(c1ccccc1)N1CCCC1. The van der Waals surface area contributed by atoms with Crippen LogP contribution >= 0.6 is 0 Å². The third-order valence-electron chi connectivity index (χ3n) is 5.48. The van der Waals surface area contributed by atoms with Crippen molar-refractivity contribution in [1.29, 1.82) is 0 Å². The molecule has 7 heteroatoms. The molecule has 29 heavy (non-hydrogen) atoms. The lowest BCUT2D eigenvalue weighted by Crippen LogP contribution is -2.43. The van der Waals surface area contributed by atoms with Crippen LogP contribution < -0.4 is 10.6 Å². The second-order valence-corrected chi connectivity index (χ2v) is 7.34. The highest BCUT2D eigenvalue weighted by Gasteiger charge is 2.23. The number of aromatic nitrogens is 3. The van der Waals surface area contributed by atoms with E-state index in [0.717, 1.165) is 50.0 Å². The van der Waals surface area contributed by atoms with Crippen LogP contribution in [0.2, 0.25) is 0 Å². The van der Waals surface area contributed by atoms with E-state index in [2.05, 4.69) is 61.1 Å². The van der Waals surface area contributed by atoms with Crippen LogP contribution in [-0.2, 0) is 6.42 Å². The molecule has 0 saturated carbocycles. The van der Waals surface area contributed by atoms with Gasteiger partial charge >= 0.3 is 0 Å². The Labute approximate surface area is 171 Å². The molecule has 1 aromatic carbocycles. The van der Waals surface area contributed by atoms with E-state index in [9.17, 15) is 0 Å². The van der Waals surface area contributed by atoms with Gasteiger partial charge in [-0.15, -0.1) is 10.2 Å². The Balaban J connectivity index is 1.33. The van der Waals surface area contributed by atoms with E-state index in [0.29, 0.717) is 6.04 Å². The van der Waals surface area contributed by atoms with Gasteiger partial charge in [0.1, 0.15) is 5.82 Å². The molecular weight excluding hydrogens is 362 g/mol. The van der Waals surface area contributed by atoms with Gasteiger partial charge in [-0.05, 0) is 43.6 Å². The van der Waals surface area contributed by atoms with Crippen molar-refractivity contribution in [2.24, 2.45) is 4.99 Å². The van der Waals surface area contributed by atoms with E-state index >= 15 is 0 Å². The second-order valence-electron chi connectivity index (χ2n) is 7.34. The van der Waals surface area contributed by atoms with Gasteiger partial charge in [-0.3, -0.25) is 14.3 Å². The highest BCUT2D eigenvalue weighted by molar-refractivity contribution is 5.79. The van der Waals surface area contributed by atoms with Crippen molar-refractivity contribution in [2.75, 3.05) is 33.2 Å². The summed E-state index contributed by atoms with van der Waals surface area (Å²) in [6.07, 6.45) is 5.34. The quantitative estimate of drug-likeness (QED) is 0.478. The van der Waals surface area contributed by atoms with Crippen molar-refractivity contribution in [1.82, 2.24) is 30.1 Å². The molecule has 3 heterocycles. The number of guanidine groups is 1. The number of pyridine rings is 1. The van der Waals surface area contributed by atoms with Gasteiger partial charge in [-0.1, -0.05) is 36.4 Å². The third-order valence-corrected chi connectivity index (χ3v) is 5.48. The lowest BCUT2D eigenvalue weighted by atomic mass is 10.1. The number of rotatable bonds is 7. The summed E-state index contributed by atoms with van der Waals surface area (Å²) < 4.78 is 2.02. The zero-order valence-corrected chi connectivity index (χ0v) is 17.0. The lowest BCUT2D eigenvalue weighted by Gasteiger charge is -2.29. The van der Waals surface area contributed by atoms with Gasteiger partial charge in [0.05, 0.1) is 6.04 Å². The first-order chi connectivity index (χ1) is 14.3. The molecule has 0 radical (unpaired) electrons. The minimum Gasteiger partial charge on any atom is -0.356 e. The maximum atomic E-state index is 4.39. The number of aliphatic imine (C=N–C) groups is 1. The van der Waals surface area contributed by atoms with Crippen molar-refractivity contribution in [3.63, 3.8) is 0 Å². The van der Waals surface area contributed by atoms with Gasteiger partial charge in [0.15, 0.2) is 11.6 Å². The molecule has 1 unspecified atom stereocenters. The first kappa shape index (κ1) is 19.4. The minimum atomic E-state index is 0.359. The number of nitrogens with zero attached hydrogens (tertiary/aromatic N) is 5. The molecule has 3 aromatic rings. The molecule has 1 atom stereocenters. The lowest BCUT2D eigenvalue weighted by molar-refractivity contribution is 0.245. The molecule has 2 aromatic heterocycles. The fraction of sp³-hybridized carbons (Fsp3) is 0.409. The summed E-state index contributed by atoms with van der Waals surface area (Å²) in [6, 6.07) is 17.0. The maximum absolute atomic E-state index is 4.39. The van der Waals surface area contributed by atoms with Gasteiger partial charge < -0.3 is 10.6 Å². The zero-order chi connectivity index (χ0) is 19.9. The van der Waals surface area contributed by atoms with Crippen molar-refractivity contribution in [2.45, 2.75) is 25.3 Å². The molecule has 2 N–H and O–H groups in total. The Morgan fingerprint density at radius 2 is 1.83 bits per heavy atom. The molecule has 0 bridgehead atoms. The van der Waals surface area contributed by atoms with Crippen molar-refractivity contribution in [3.05, 3.63) is 66.1 Å². The molecule has 0 aliphatic carbocycles. The fourth-order valence-corrected chi connectivity index (χ4v) is 3.95. The second kappa shape index (κ2) is 9.52.